The van der Waals surface area contributed by atoms with Crippen molar-refractivity contribution in [2.75, 3.05) is 0 Å². The van der Waals surface area contributed by atoms with E-state index in [-0.39, 0.29) is 0 Å². The number of aromatic amines is 1. The summed E-state index contributed by atoms with van der Waals surface area (Å²) in [5, 5.41) is 8.40. The van der Waals surface area contributed by atoms with Gasteiger partial charge in [0.15, 0.2) is 6.17 Å². The number of para-hydroxylation sites is 3. The molecule has 6 aromatic carbocycles. The Kier molecular flexibility index (Phi) is 6.14. The van der Waals surface area contributed by atoms with Crippen LogP contribution in [0.5, 0.6) is 0 Å². The minimum atomic E-state index is -0.444. The fourth-order valence-corrected chi connectivity index (χ4v) is 7.30. The number of benzene rings is 6. The van der Waals surface area contributed by atoms with Crippen LogP contribution < -0.4 is 5.32 Å². The highest BCUT2D eigenvalue weighted by Gasteiger charge is 2.23. The molecule has 0 amide bonds. The third kappa shape index (κ3) is 4.42. The lowest BCUT2D eigenvalue weighted by Gasteiger charge is -2.21. The monoisotopic (exact) mass is 630 g/mol. The molecule has 10 rings (SSSR count). The molecular weight excluding hydrogens is 601 g/mol. The highest BCUT2D eigenvalue weighted by Crippen LogP contribution is 2.39. The Labute approximate surface area is 282 Å². The van der Waals surface area contributed by atoms with E-state index in [0.717, 1.165) is 51.0 Å². The van der Waals surface area contributed by atoms with E-state index >= 15 is 0 Å². The summed E-state index contributed by atoms with van der Waals surface area (Å²) in [6.45, 7) is 0. The van der Waals surface area contributed by atoms with E-state index < -0.39 is 6.17 Å². The highest BCUT2D eigenvalue weighted by molar-refractivity contribution is 6.19. The summed E-state index contributed by atoms with van der Waals surface area (Å²) in [5.41, 5.74) is 8.73. The van der Waals surface area contributed by atoms with Crippen molar-refractivity contribution >= 4 is 55.3 Å². The first kappa shape index (κ1) is 27.5. The van der Waals surface area contributed by atoms with Crippen LogP contribution in [-0.2, 0) is 0 Å². The molecule has 0 fully saturated rings. The standard InChI is InChI=1S/C43H30N6/c1-4-14-28(15-5-1)41-45-42(29-16-6-2-7-17-29)47-43(46-41)35-24-25-40(44-35)49-37-23-13-11-21-32(37)34-26-33-31-20-10-12-22-36(31)48(38(33)27-39(34)49)30-18-8-3-9-19-30/h1-27,43-44H,(H,45,46,47). The smallest absolute Gasteiger partial charge is 0.184 e. The van der Waals surface area contributed by atoms with Gasteiger partial charge in [-0.2, -0.15) is 0 Å². The summed E-state index contributed by atoms with van der Waals surface area (Å²) in [6.07, 6.45) is -0.444. The fourth-order valence-electron chi connectivity index (χ4n) is 7.30. The van der Waals surface area contributed by atoms with Gasteiger partial charge in [-0.3, -0.25) is 4.57 Å². The molecule has 49 heavy (non-hydrogen) atoms. The van der Waals surface area contributed by atoms with E-state index in [1.165, 1.54) is 32.6 Å². The van der Waals surface area contributed by atoms with E-state index in [4.69, 9.17) is 9.98 Å². The van der Waals surface area contributed by atoms with Crippen molar-refractivity contribution in [3.63, 3.8) is 0 Å². The zero-order chi connectivity index (χ0) is 32.3. The zero-order valence-electron chi connectivity index (χ0n) is 26.5. The summed E-state index contributed by atoms with van der Waals surface area (Å²) in [7, 11) is 0. The van der Waals surface area contributed by atoms with Crippen LogP contribution in [0.2, 0.25) is 0 Å². The summed E-state index contributed by atoms with van der Waals surface area (Å²) in [6, 6.07) is 57.4. The van der Waals surface area contributed by atoms with Gasteiger partial charge in [0.2, 0.25) is 0 Å². The molecule has 0 bridgehead atoms. The van der Waals surface area contributed by atoms with E-state index in [1.54, 1.807) is 0 Å². The molecule has 0 saturated carbocycles. The minimum Gasteiger partial charge on any atom is -0.341 e. The first-order valence-electron chi connectivity index (χ1n) is 16.5. The summed E-state index contributed by atoms with van der Waals surface area (Å²) < 4.78 is 4.71. The second-order valence-electron chi connectivity index (χ2n) is 12.4. The topological polar surface area (TPSA) is 62.4 Å². The largest absolute Gasteiger partial charge is 0.341 e. The Morgan fingerprint density at radius 1 is 0.429 bits per heavy atom. The number of amidine groups is 2. The molecule has 1 aliphatic rings. The quantitative estimate of drug-likeness (QED) is 0.195. The van der Waals surface area contributed by atoms with E-state index in [2.05, 4.69) is 147 Å². The maximum atomic E-state index is 5.10. The molecule has 0 saturated heterocycles. The minimum absolute atomic E-state index is 0.444. The Balaban J connectivity index is 1.18. The number of aliphatic imine (C=N–C) groups is 2. The van der Waals surface area contributed by atoms with Crippen molar-refractivity contribution in [3.8, 4) is 11.5 Å². The van der Waals surface area contributed by atoms with Crippen LogP contribution >= 0.6 is 0 Å². The van der Waals surface area contributed by atoms with Gasteiger partial charge in [0.25, 0.3) is 0 Å². The van der Waals surface area contributed by atoms with Gasteiger partial charge in [-0.1, -0.05) is 115 Å². The lowest BCUT2D eigenvalue weighted by Crippen LogP contribution is -2.36. The second kappa shape index (κ2) is 11.0. The molecule has 9 aromatic rings. The Hall–Kier alpha value is -6.66. The number of nitrogens with zero attached hydrogens (tertiary/aromatic N) is 4. The Bertz CT molecular complexity index is 2670. The maximum absolute atomic E-state index is 5.10. The fraction of sp³-hybridized carbons (Fsp3) is 0.0233. The van der Waals surface area contributed by atoms with Gasteiger partial charge in [0.1, 0.15) is 17.5 Å². The third-order valence-electron chi connectivity index (χ3n) is 9.53. The molecule has 0 spiro atoms. The third-order valence-corrected chi connectivity index (χ3v) is 9.53. The number of hydrogen-bond donors (Lipinski definition) is 2. The summed E-state index contributed by atoms with van der Waals surface area (Å²) in [4.78, 5) is 14.0. The number of fused-ring (bicyclic) bond motifs is 6. The maximum Gasteiger partial charge on any atom is 0.184 e. The summed E-state index contributed by atoms with van der Waals surface area (Å²) >= 11 is 0. The highest BCUT2D eigenvalue weighted by atomic mass is 15.2. The molecule has 232 valence electrons. The van der Waals surface area contributed by atoms with Crippen LogP contribution in [0.4, 0.5) is 0 Å². The molecule has 0 unspecified atom stereocenters. The first-order valence-corrected chi connectivity index (χ1v) is 16.5. The van der Waals surface area contributed by atoms with E-state index in [0.29, 0.717) is 0 Å². The zero-order valence-corrected chi connectivity index (χ0v) is 26.5. The second-order valence-corrected chi connectivity index (χ2v) is 12.4. The van der Waals surface area contributed by atoms with Gasteiger partial charge in [0.05, 0.1) is 27.8 Å². The molecule has 2 N–H and O–H groups in total. The molecule has 1 aliphatic heterocycles. The van der Waals surface area contributed by atoms with Gasteiger partial charge < -0.3 is 14.9 Å². The Morgan fingerprint density at radius 3 is 1.55 bits per heavy atom. The van der Waals surface area contributed by atoms with Gasteiger partial charge >= 0.3 is 0 Å². The average Bonchev–Trinajstić information content (AvgIpc) is 3.87. The number of rotatable bonds is 5. The van der Waals surface area contributed by atoms with Crippen molar-refractivity contribution < 1.29 is 0 Å². The number of nitrogens with one attached hydrogen (secondary N) is 2. The Morgan fingerprint density at radius 2 is 0.939 bits per heavy atom. The van der Waals surface area contributed by atoms with Crippen LogP contribution in [0.3, 0.4) is 0 Å². The van der Waals surface area contributed by atoms with E-state index in [1.807, 2.05) is 36.4 Å². The lowest BCUT2D eigenvalue weighted by atomic mass is 10.1. The molecule has 6 heteroatoms. The SMILES string of the molecule is c1ccc(C2=NC(c3ccc(-n4c5ccccc5c5cc6c7ccccc7n(-c7ccccc7)c6cc54)[nH]3)N=C(c3ccccc3)N2)cc1. The van der Waals surface area contributed by atoms with Gasteiger partial charge in [-0.25, -0.2) is 9.98 Å². The molecule has 0 atom stereocenters. The van der Waals surface area contributed by atoms with Gasteiger partial charge in [0, 0.05) is 38.4 Å². The molecule has 4 heterocycles. The number of H-pyrrole nitrogens is 1. The van der Waals surface area contributed by atoms with Gasteiger partial charge in [-0.15, -0.1) is 0 Å². The predicted molar refractivity (Wildman–Crippen MR) is 201 cm³/mol. The van der Waals surface area contributed by atoms with Crippen molar-refractivity contribution in [1.29, 1.82) is 0 Å². The van der Waals surface area contributed by atoms with Crippen LogP contribution in [0, 0.1) is 0 Å². The van der Waals surface area contributed by atoms with Crippen molar-refractivity contribution in [2.24, 2.45) is 9.98 Å². The molecule has 0 aliphatic carbocycles. The number of hydrogen-bond acceptors (Lipinski definition) is 3. The normalized spacial score (nSPS) is 13.6. The first-order chi connectivity index (χ1) is 24.3. The molecule has 3 aromatic heterocycles. The number of aromatic nitrogens is 3. The molecule has 0 radical (unpaired) electrons. The van der Waals surface area contributed by atoms with Crippen molar-refractivity contribution in [1.82, 2.24) is 19.4 Å². The lowest BCUT2D eigenvalue weighted by molar-refractivity contribution is 0.731. The van der Waals surface area contributed by atoms with Crippen molar-refractivity contribution in [2.45, 2.75) is 6.17 Å². The average molecular weight is 631 g/mol. The van der Waals surface area contributed by atoms with E-state index in [9.17, 15) is 0 Å². The van der Waals surface area contributed by atoms with Crippen LogP contribution in [0.1, 0.15) is 23.0 Å². The van der Waals surface area contributed by atoms with Crippen molar-refractivity contribution in [3.05, 3.63) is 181 Å². The molecule has 6 nitrogen and oxygen atoms in total. The van der Waals surface area contributed by atoms with Crippen LogP contribution in [0.15, 0.2) is 174 Å². The van der Waals surface area contributed by atoms with Gasteiger partial charge in [-0.05, 0) is 48.5 Å². The predicted octanol–water partition coefficient (Wildman–Crippen LogP) is 9.70. The summed E-state index contributed by atoms with van der Waals surface area (Å²) in [5.74, 6) is 2.56. The molecular formula is C43H30N6. The van der Waals surface area contributed by atoms with Crippen LogP contribution in [-0.4, -0.2) is 25.8 Å². The van der Waals surface area contributed by atoms with Crippen LogP contribution in [0.25, 0.3) is 55.1 Å².